The maximum absolute atomic E-state index is 12.1. The van der Waals surface area contributed by atoms with Crippen LogP contribution in [0.3, 0.4) is 0 Å². The lowest BCUT2D eigenvalue weighted by Crippen LogP contribution is -2.18. The average molecular weight is 362 g/mol. The van der Waals surface area contributed by atoms with Gasteiger partial charge in [0.15, 0.2) is 0 Å². The molecule has 0 amide bonds. The summed E-state index contributed by atoms with van der Waals surface area (Å²) in [5.41, 5.74) is 2.10. The first kappa shape index (κ1) is 18.0. The fourth-order valence-electron chi connectivity index (χ4n) is 2.46. The molecule has 1 N–H and O–H groups in total. The Morgan fingerprint density at radius 2 is 2.30 bits per heavy atom. The third-order valence-corrected chi connectivity index (χ3v) is 3.86. The van der Waals surface area contributed by atoms with Gasteiger partial charge in [-0.2, -0.15) is 4.98 Å². The van der Waals surface area contributed by atoms with Crippen LogP contribution in [0.5, 0.6) is 5.75 Å². The van der Waals surface area contributed by atoms with Gasteiger partial charge >= 0.3 is 5.56 Å². The molecule has 0 radical (unpaired) electrons. The first-order chi connectivity index (χ1) is 13.1. The Labute approximate surface area is 156 Å². The zero-order chi connectivity index (χ0) is 19.2. The van der Waals surface area contributed by atoms with Crippen molar-refractivity contribution in [2.75, 3.05) is 12.4 Å². The second kappa shape index (κ2) is 8.06. The Bertz CT molecular complexity index is 1060. The predicted molar refractivity (Wildman–Crippen MR) is 103 cm³/mol. The summed E-state index contributed by atoms with van der Waals surface area (Å²) in [5.74, 6) is 3.47. The molecule has 2 heterocycles. The Hall–Kier alpha value is -3.79. The van der Waals surface area contributed by atoms with Crippen molar-refractivity contribution in [1.29, 1.82) is 0 Å². The van der Waals surface area contributed by atoms with Crippen LogP contribution in [0.15, 0.2) is 58.2 Å². The van der Waals surface area contributed by atoms with Gasteiger partial charge in [0.2, 0.25) is 17.6 Å². The van der Waals surface area contributed by atoms with E-state index in [2.05, 4.69) is 21.2 Å². The summed E-state index contributed by atoms with van der Waals surface area (Å²) >= 11 is 0. The topological polar surface area (TPSA) is 82.2 Å². The lowest BCUT2D eigenvalue weighted by Gasteiger charge is -2.15. The van der Waals surface area contributed by atoms with E-state index in [-0.39, 0.29) is 5.75 Å². The zero-order valence-corrected chi connectivity index (χ0v) is 15.0. The summed E-state index contributed by atoms with van der Waals surface area (Å²) in [4.78, 5) is 20.4. The van der Waals surface area contributed by atoms with Crippen LogP contribution < -0.4 is 15.6 Å². The highest BCUT2D eigenvalue weighted by Gasteiger charge is 2.11. The minimum atomic E-state index is -0.460. The monoisotopic (exact) mass is 362 g/mol. The minimum absolute atomic E-state index is 0.153. The maximum Gasteiger partial charge on any atom is 0.316 e. The first-order valence-corrected chi connectivity index (χ1v) is 8.16. The number of anilines is 2. The third-order valence-electron chi connectivity index (χ3n) is 3.86. The quantitative estimate of drug-likeness (QED) is 0.679. The van der Waals surface area contributed by atoms with Gasteiger partial charge in [0.25, 0.3) is 0 Å². The highest BCUT2D eigenvalue weighted by atomic mass is 16.5. The molecule has 1 aromatic carbocycles. The van der Waals surface area contributed by atoms with Crippen molar-refractivity contribution in [3.05, 3.63) is 64.9 Å². The number of nitrogens with zero attached hydrogens (tertiary/aromatic N) is 3. The van der Waals surface area contributed by atoms with Crippen LogP contribution in [0.4, 0.5) is 11.6 Å². The molecule has 0 spiro atoms. The predicted octanol–water partition coefficient (Wildman–Crippen LogP) is 3.15. The number of terminal acetylenes is 1. The van der Waals surface area contributed by atoms with Crippen LogP contribution in [0.2, 0.25) is 0 Å². The number of hydrogen-bond donors (Lipinski definition) is 1. The number of benzene rings is 1. The van der Waals surface area contributed by atoms with Gasteiger partial charge in [-0.05, 0) is 30.7 Å². The van der Waals surface area contributed by atoms with E-state index >= 15 is 0 Å². The number of ether oxygens (including phenoxy) is 1. The molecular formula is C20H18N4O3. The van der Waals surface area contributed by atoms with E-state index in [1.165, 1.54) is 13.4 Å². The molecule has 0 atom stereocenters. The van der Waals surface area contributed by atoms with Gasteiger partial charge < -0.3 is 19.0 Å². The van der Waals surface area contributed by atoms with Crippen LogP contribution in [-0.2, 0) is 6.54 Å². The van der Waals surface area contributed by atoms with Gasteiger partial charge in [-0.3, -0.25) is 4.79 Å². The van der Waals surface area contributed by atoms with E-state index < -0.39 is 5.56 Å². The molecule has 3 rings (SSSR count). The molecule has 0 saturated heterocycles. The fraction of sp³-hybridized carbons (Fsp3) is 0.150. The normalized spacial score (nSPS) is 10.7. The van der Waals surface area contributed by atoms with Crippen molar-refractivity contribution in [1.82, 2.24) is 14.5 Å². The number of oxazole rings is 1. The van der Waals surface area contributed by atoms with Crippen molar-refractivity contribution in [3.63, 3.8) is 0 Å². The van der Waals surface area contributed by atoms with E-state index in [1.54, 1.807) is 29.1 Å². The van der Waals surface area contributed by atoms with Crippen LogP contribution in [0, 0.1) is 19.3 Å². The highest BCUT2D eigenvalue weighted by Crippen LogP contribution is 2.26. The molecule has 0 aliphatic heterocycles. The number of allylic oxidation sites excluding steroid dienone is 2. The molecule has 7 nitrogen and oxygen atoms in total. The van der Waals surface area contributed by atoms with Crippen molar-refractivity contribution in [2.45, 2.75) is 13.5 Å². The van der Waals surface area contributed by atoms with Crippen LogP contribution >= 0.6 is 0 Å². The van der Waals surface area contributed by atoms with Crippen molar-refractivity contribution in [2.24, 2.45) is 0 Å². The molecule has 27 heavy (non-hydrogen) atoms. The largest absolute Gasteiger partial charge is 0.490 e. The van der Waals surface area contributed by atoms with E-state index in [1.807, 2.05) is 25.1 Å². The average Bonchev–Trinajstić information content (AvgIpc) is 3.20. The smallest absolute Gasteiger partial charge is 0.316 e. The lowest BCUT2D eigenvalue weighted by molar-refractivity contribution is 0.402. The molecule has 2 aromatic heterocycles. The maximum atomic E-state index is 12.1. The number of aromatic nitrogens is 3. The number of aryl methyl sites for hydroxylation is 1. The number of rotatable bonds is 6. The van der Waals surface area contributed by atoms with Gasteiger partial charge in [0.1, 0.15) is 6.26 Å². The summed E-state index contributed by atoms with van der Waals surface area (Å²) in [5, 5.41) is 3.20. The molecule has 0 aliphatic rings. The summed E-state index contributed by atoms with van der Waals surface area (Å²) in [7, 11) is 1.43. The highest BCUT2D eigenvalue weighted by molar-refractivity contribution is 5.67. The molecule has 0 saturated carbocycles. The van der Waals surface area contributed by atoms with Crippen molar-refractivity contribution < 1.29 is 9.15 Å². The van der Waals surface area contributed by atoms with Crippen LogP contribution in [-0.4, -0.2) is 21.6 Å². The standard InChI is InChI=1S/C20H18N4O3/c1-4-5-6-10-24-13-17(26-3)18(25)23-20(24)22-16-12-15(8-7-14(16)2)19-21-9-11-27-19/h1,5-9,11-13H,10H2,2-3H3,(H,22,23,25)/b6-5+. The summed E-state index contributed by atoms with van der Waals surface area (Å²) < 4.78 is 12.2. The van der Waals surface area contributed by atoms with Gasteiger partial charge in [-0.15, -0.1) is 6.42 Å². The summed E-state index contributed by atoms with van der Waals surface area (Å²) in [6.07, 6.45) is 13.3. The van der Waals surface area contributed by atoms with Crippen molar-refractivity contribution in [3.8, 4) is 29.5 Å². The van der Waals surface area contributed by atoms with E-state index in [0.717, 1.165) is 16.8 Å². The number of nitrogens with one attached hydrogen (secondary N) is 1. The van der Waals surface area contributed by atoms with Gasteiger partial charge in [-0.25, -0.2) is 4.98 Å². The number of hydrogen-bond acceptors (Lipinski definition) is 6. The zero-order valence-electron chi connectivity index (χ0n) is 15.0. The van der Waals surface area contributed by atoms with Gasteiger partial charge in [-0.1, -0.05) is 18.1 Å². The Kier molecular flexibility index (Phi) is 5.38. The second-order valence-corrected chi connectivity index (χ2v) is 5.65. The molecule has 7 heteroatoms. The van der Waals surface area contributed by atoms with E-state index in [4.69, 9.17) is 15.6 Å². The van der Waals surface area contributed by atoms with Crippen LogP contribution in [0.1, 0.15) is 5.56 Å². The number of methoxy groups -OCH3 is 1. The van der Waals surface area contributed by atoms with E-state index in [9.17, 15) is 4.79 Å². The second-order valence-electron chi connectivity index (χ2n) is 5.65. The molecule has 0 fully saturated rings. The molecular weight excluding hydrogens is 344 g/mol. The summed E-state index contributed by atoms with van der Waals surface area (Å²) in [6.45, 7) is 2.38. The van der Waals surface area contributed by atoms with E-state index in [0.29, 0.717) is 18.4 Å². The Balaban J connectivity index is 2.00. The Morgan fingerprint density at radius 3 is 3.00 bits per heavy atom. The molecule has 3 aromatic rings. The molecule has 0 bridgehead atoms. The molecule has 0 aliphatic carbocycles. The lowest BCUT2D eigenvalue weighted by atomic mass is 10.1. The minimum Gasteiger partial charge on any atom is -0.490 e. The van der Waals surface area contributed by atoms with Gasteiger partial charge in [0.05, 0.1) is 19.5 Å². The SMILES string of the molecule is C#C/C=C/Cn1cc(OC)c(=O)nc1Nc1cc(-c2ncco2)ccc1C. The Morgan fingerprint density at radius 1 is 1.44 bits per heavy atom. The van der Waals surface area contributed by atoms with Gasteiger partial charge in [0, 0.05) is 17.8 Å². The van der Waals surface area contributed by atoms with Crippen molar-refractivity contribution >= 4 is 11.6 Å². The van der Waals surface area contributed by atoms with Crippen LogP contribution in [0.25, 0.3) is 11.5 Å². The first-order valence-electron chi connectivity index (χ1n) is 8.16. The molecule has 136 valence electrons. The molecule has 0 unspecified atom stereocenters. The summed E-state index contributed by atoms with van der Waals surface area (Å²) in [6, 6.07) is 5.74. The fourth-order valence-corrected chi connectivity index (χ4v) is 2.46. The third kappa shape index (κ3) is 4.07.